The minimum Gasteiger partial charge on any atom is -0.398 e. The number of hydrogen-bond donors (Lipinski definition) is 2. The second-order valence-corrected chi connectivity index (χ2v) is 4.48. The normalized spacial score (nSPS) is 10.2. The molecule has 6 nitrogen and oxygen atoms in total. The fraction of sp³-hybridized carbons (Fsp3) is 0.100. The van der Waals surface area contributed by atoms with Crippen LogP contribution < -0.4 is 11.1 Å². The number of halogens is 1. The summed E-state index contributed by atoms with van der Waals surface area (Å²) >= 11 is 2.15. The number of amides is 1. The summed E-state index contributed by atoms with van der Waals surface area (Å²) in [6, 6.07) is 5.44. The van der Waals surface area contributed by atoms with Crippen molar-refractivity contribution in [3.63, 3.8) is 0 Å². The smallest absolute Gasteiger partial charge is 0.292 e. The minimum absolute atomic E-state index is 0.0132. The van der Waals surface area contributed by atoms with Gasteiger partial charge in [-0.15, -0.1) is 0 Å². The number of carbonyl (C=O) groups excluding carboxylic acids is 1. The molecule has 0 aliphatic rings. The van der Waals surface area contributed by atoms with Crippen LogP contribution in [0.1, 0.15) is 10.6 Å². The van der Waals surface area contributed by atoms with Crippen LogP contribution in [-0.2, 0) is 0 Å². The fourth-order valence-electron chi connectivity index (χ4n) is 1.25. The number of nitrogens with two attached hydrogens (primary N) is 1. The van der Waals surface area contributed by atoms with Crippen LogP contribution >= 0.6 is 22.6 Å². The van der Waals surface area contributed by atoms with Crippen molar-refractivity contribution in [1.82, 2.24) is 15.5 Å². The standard InChI is InChI=1S/C10H9IN4O2/c1-13-9(16)8-14-10(17-15-8)6-4-5(11)2-3-7(6)12/h2-4H,12H2,1H3,(H,13,16). The van der Waals surface area contributed by atoms with Gasteiger partial charge in [0.15, 0.2) is 0 Å². The highest BCUT2D eigenvalue weighted by Gasteiger charge is 2.16. The van der Waals surface area contributed by atoms with E-state index in [0.29, 0.717) is 11.3 Å². The molecule has 0 saturated carbocycles. The van der Waals surface area contributed by atoms with Crippen molar-refractivity contribution in [1.29, 1.82) is 0 Å². The van der Waals surface area contributed by atoms with E-state index in [2.05, 4.69) is 38.0 Å². The maximum atomic E-state index is 11.3. The molecule has 2 aromatic rings. The Labute approximate surface area is 111 Å². The summed E-state index contributed by atoms with van der Waals surface area (Å²) in [5, 5.41) is 5.99. The van der Waals surface area contributed by atoms with Crippen molar-refractivity contribution in [2.24, 2.45) is 0 Å². The van der Waals surface area contributed by atoms with Crippen LogP contribution in [0.25, 0.3) is 11.5 Å². The van der Waals surface area contributed by atoms with Crippen LogP contribution in [0.5, 0.6) is 0 Å². The first-order chi connectivity index (χ1) is 8.11. The monoisotopic (exact) mass is 344 g/mol. The van der Waals surface area contributed by atoms with E-state index in [-0.39, 0.29) is 11.7 Å². The van der Waals surface area contributed by atoms with Gasteiger partial charge in [0.25, 0.3) is 17.6 Å². The second-order valence-electron chi connectivity index (χ2n) is 3.23. The topological polar surface area (TPSA) is 94.0 Å². The molecule has 1 heterocycles. The fourth-order valence-corrected chi connectivity index (χ4v) is 1.74. The number of benzene rings is 1. The highest BCUT2D eigenvalue weighted by Crippen LogP contribution is 2.26. The number of carbonyl (C=O) groups is 1. The molecule has 0 aliphatic carbocycles. The van der Waals surface area contributed by atoms with E-state index in [9.17, 15) is 4.79 Å². The SMILES string of the molecule is CNC(=O)c1noc(-c2cc(I)ccc2N)n1. The molecular formula is C10H9IN4O2. The molecule has 0 fully saturated rings. The quantitative estimate of drug-likeness (QED) is 0.632. The molecular weight excluding hydrogens is 335 g/mol. The Kier molecular flexibility index (Phi) is 3.27. The molecule has 1 aromatic carbocycles. The number of anilines is 1. The molecule has 0 atom stereocenters. The summed E-state index contributed by atoms with van der Waals surface area (Å²) in [5.41, 5.74) is 6.96. The summed E-state index contributed by atoms with van der Waals surface area (Å²) < 4.78 is 6.00. The zero-order chi connectivity index (χ0) is 12.4. The molecule has 0 saturated heterocycles. The van der Waals surface area contributed by atoms with E-state index < -0.39 is 5.91 Å². The summed E-state index contributed by atoms with van der Waals surface area (Å²) in [7, 11) is 1.50. The van der Waals surface area contributed by atoms with Crippen molar-refractivity contribution < 1.29 is 9.32 Å². The van der Waals surface area contributed by atoms with Crippen molar-refractivity contribution in [2.45, 2.75) is 0 Å². The Morgan fingerprint density at radius 2 is 2.29 bits per heavy atom. The first kappa shape index (κ1) is 11.8. The molecule has 1 aromatic heterocycles. The third-order valence-electron chi connectivity index (χ3n) is 2.10. The van der Waals surface area contributed by atoms with Crippen LogP contribution in [-0.4, -0.2) is 23.1 Å². The zero-order valence-corrected chi connectivity index (χ0v) is 11.1. The summed E-state index contributed by atoms with van der Waals surface area (Å²) in [6.07, 6.45) is 0. The highest BCUT2D eigenvalue weighted by atomic mass is 127. The van der Waals surface area contributed by atoms with Gasteiger partial charge in [0, 0.05) is 16.3 Å². The van der Waals surface area contributed by atoms with Crippen LogP contribution in [0.4, 0.5) is 5.69 Å². The van der Waals surface area contributed by atoms with Crippen molar-refractivity contribution >= 4 is 34.2 Å². The Morgan fingerprint density at radius 1 is 1.53 bits per heavy atom. The van der Waals surface area contributed by atoms with Gasteiger partial charge in [-0.2, -0.15) is 4.98 Å². The van der Waals surface area contributed by atoms with E-state index in [1.165, 1.54) is 7.05 Å². The highest BCUT2D eigenvalue weighted by molar-refractivity contribution is 14.1. The summed E-state index contributed by atoms with van der Waals surface area (Å²) in [4.78, 5) is 15.3. The molecule has 0 spiro atoms. The predicted molar refractivity (Wildman–Crippen MR) is 70.3 cm³/mol. The first-order valence-corrected chi connectivity index (χ1v) is 5.81. The predicted octanol–water partition coefficient (Wildman–Crippen LogP) is 1.28. The van der Waals surface area contributed by atoms with Crippen LogP contribution in [0, 0.1) is 3.57 Å². The molecule has 1 amide bonds. The third-order valence-corrected chi connectivity index (χ3v) is 2.77. The minimum atomic E-state index is -0.399. The number of rotatable bonds is 2. The molecule has 2 rings (SSSR count). The van der Waals surface area contributed by atoms with E-state index in [0.717, 1.165) is 3.57 Å². The molecule has 7 heteroatoms. The Balaban J connectivity index is 2.43. The third kappa shape index (κ3) is 2.38. The second kappa shape index (κ2) is 4.70. The van der Waals surface area contributed by atoms with Crippen LogP contribution in [0.3, 0.4) is 0 Å². The Bertz CT molecular complexity index is 567. The molecule has 0 radical (unpaired) electrons. The Hall–Kier alpha value is -1.64. The van der Waals surface area contributed by atoms with Gasteiger partial charge in [-0.05, 0) is 40.8 Å². The summed E-state index contributed by atoms with van der Waals surface area (Å²) in [5.74, 6) is -0.176. The van der Waals surface area contributed by atoms with E-state index in [4.69, 9.17) is 10.3 Å². The average molecular weight is 344 g/mol. The van der Waals surface area contributed by atoms with Gasteiger partial charge in [-0.3, -0.25) is 4.79 Å². The number of nitrogen functional groups attached to an aromatic ring is 1. The van der Waals surface area contributed by atoms with Gasteiger partial charge in [-0.25, -0.2) is 0 Å². The van der Waals surface area contributed by atoms with Gasteiger partial charge < -0.3 is 15.6 Å². The lowest BCUT2D eigenvalue weighted by molar-refractivity contribution is 0.0950. The number of hydrogen-bond acceptors (Lipinski definition) is 5. The molecule has 17 heavy (non-hydrogen) atoms. The molecule has 0 bridgehead atoms. The zero-order valence-electron chi connectivity index (χ0n) is 8.90. The molecule has 3 N–H and O–H groups in total. The van der Waals surface area contributed by atoms with Gasteiger partial charge in [0.1, 0.15) is 0 Å². The maximum absolute atomic E-state index is 11.3. The average Bonchev–Trinajstić information content (AvgIpc) is 2.80. The lowest BCUT2D eigenvalue weighted by Crippen LogP contribution is -2.19. The molecule has 0 aliphatic heterocycles. The van der Waals surface area contributed by atoms with Gasteiger partial charge >= 0.3 is 0 Å². The maximum Gasteiger partial charge on any atom is 0.292 e. The number of nitrogens with zero attached hydrogens (tertiary/aromatic N) is 2. The van der Waals surface area contributed by atoms with Crippen molar-refractivity contribution in [3.05, 3.63) is 27.6 Å². The van der Waals surface area contributed by atoms with E-state index >= 15 is 0 Å². The molecule has 0 unspecified atom stereocenters. The van der Waals surface area contributed by atoms with Crippen LogP contribution in [0.2, 0.25) is 0 Å². The number of nitrogens with one attached hydrogen (secondary N) is 1. The largest absolute Gasteiger partial charge is 0.398 e. The lowest BCUT2D eigenvalue weighted by atomic mass is 10.2. The van der Waals surface area contributed by atoms with E-state index in [1.54, 1.807) is 6.07 Å². The van der Waals surface area contributed by atoms with Gasteiger partial charge in [0.2, 0.25) is 0 Å². The van der Waals surface area contributed by atoms with Gasteiger partial charge in [-0.1, -0.05) is 5.16 Å². The lowest BCUT2D eigenvalue weighted by Gasteiger charge is -2.00. The number of aromatic nitrogens is 2. The van der Waals surface area contributed by atoms with Crippen LogP contribution in [0.15, 0.2) is 22.7 Å². The van der Waals surface area contributed by atoms with E-state index in [1.807, 2.05) is 12.1 Å². The Morgan fingerprint density at radius 3 is 3.00 bits per heavy atom. The van der Waals surface area contributed by atoms with Crippen molar-refractivity contribution in [3.8, 4) is 11.5 Å². The summed E-state index contributed by atoms with van der Waals surface area (Å²) in [6.45, 7) is 0. The van der Waals surface area contributed by atoms with Crippen molar-refractivity contribution in [2.75, 3.05) is 12.8 Å². The first-order valence-electron chi connectivity index (χ1n) is 4.73. The van der Waals surface area contributed by atoms with Gasteiger partial charge in [0.05, 0.1) is 5.56 Å². The molecule has 88 valence electrons.